The van der Waals surface area contributed by atoms with Crippen LogP contribution in [0.1, 0.15) is 0 Å². The quantitative estimate of drug-likeness (QED) is 0.750. The molecule has 11 heavy (non-hydrogen) atoms. The molecule has 0 N–H and O–H groups in total. The van der Waals surface area contributed by atoms with Gasteiger partial charge in [-0.15, -0.1) is 0 Å². The zero-order chi connectivity index (χ0) is 8.10. The first-order chi connectivity index (χ1) is 5.33. The van der Waals surface area contributed by atoms with E-state index in [0.717, 1.165) is 5.75 Å². The summed E-state index contributed by atoms with van der Waals surface area (Å²) >= 11 is 6.34. The fourth-order valence-electron chi connectivity index (χ4n) is 0.623. The summed E-state index contributed by atoms with van der Waals surface area (Å²) in [4.78, 5) is 1.67. The molecule has 3 heteroatoms. The second-order valence-corrected chi connectivity index (χ2v) is 3.07. The lowest BCUT2D eigenvalue weighted by Gasteiger charge is -2.01. The Kier molecular flexibility index (Phi) is 3.66. The van der Waals surface area contributed by atoms with Gasteiger partial charge in [0.15, 0.2) is 4.67 Å². The van der Waals surface area contributed by atoms with Crippen LogP contribution < -0.4 is 4.74 Å². The van der Waals surface area contributed by atoms with Crippen LogP contribution in [0.15, 0.2) is 40.0 Å². The fraction of sp³-hybridized carbons (Fsp3) is 0. The Bertz CT molecular complexity index is 244. The normalized spacial score (nSPS) is 11.3. The van der Waals surface area contributed by atoms with Crippen molar-refractivity contribution >= 4 is 31.9 Å². The molecule has 0 aliphatic heterocycles. The zero-order valence-electron chi connectivity index (χ0n) is 5.63. The molecule has 0 bridgehead atoms. The molecule has 0 spiro atoms. The highest BCUT2D eigenvalue weighted by Crippen LogP contribution is 2.16. The topological polar surface area (TPSA) is 9.23 Å². The first-order valence-electron chi connectivity index (χ1n) is 3.01. The van der Waals surface area contributed by atoms with Crippen LogP contribution in [0.25, 0.3) is 0 Å². The molecule has 0 aliphatic carbocycles. The standard InChI is InChI=1S/C8H6Br2O/c9-6-8(10)11-7-4-2-1-3-5-7/h1-6H. The van der Waals surface area contributed by atoms with Gasteiger partial charge in [0.05, 0.1) is 0 Å². The van der Waals surface area contributed by atoms with Gasteiger partial charge in [-0.25, -0.2) is 0 Å². The Hall–Kier alpha value is -0.280. The molecular weight excluding hydrogens is 272 g/mol. The summed E-state index contributed by atoms with van der Waals surface area (Å²) in [6, 6.07) is 9.56. The molecular formula is C8H6Br2O. The Morgan fingerprint density at radius 1 is 1.27 bits per heavy atom. The van der Waals surface area contributed by atoms with Crippen molar-refractivity contribution in [3.8, 4) is 5.75 Å². The van der Waals surface area contributed by atoms with Gasteiger partial charge in [0.2, 0.25) is 0 Å². The first-order valence-corrected chi connectivity index (χ1v) is 4.72. The van der Waals surface area contributed by atoms with Crippen LogP contribution in [0.2, 0.25) is 0 Å². The van der Waals surface area contributed by atoms with Crippen LogP contribution in [0.3, 0.4) is 0 Å². The molecule has 0 saturated heterocycles. The number of hydrogen-bond donors (Lipinski definition) is 0. The van der Waals surface area contributed by atoms with Gasteiger partial charge < -0.3 is 4.74 Å². The number of benzene rings is 1. The number of halogens is 2. The van der Waals surface area contributed by atoms with Gasteiger partial charge >= 0.3 is 0 Å². The molecule has 0 fully saturated rings. The fourth-order valence-corrected chi connectivity index (χ4v) is 0.904. The molecule has 1 rings (SSSR count). The third-order valence-corrected chi connectivity index (χ3v) is 2.47. The van der Waals surface area contributed by atoms with E-state index < -0.39 is 0 Å². The predicted molar refractivity (Wildman–Crippen MR) is 53.0 cm³/mol. The van der Waals surface area contributed by atoms with E-state index in [1.54, 1.807) is 4.99 Å². The smallest absolute Gasteiger partial charge is 0.176 e. The van der Waals surface area contributed by atoms with Crippen LogP contribution in [0.4, 0.5) is 0 Å². The Morgan fingerprint density at radius 3 is 2.45 bits per heavy atom. The van der Waals surface area contributed by atoms with E-state index in [-0.39, 0.29) is 0 Å². The molecule has 0 atom stereocenters. The van der Waals surface area contributed by atoms with Crippen molar-refractivity contribution in [3.63, 3.8) is 0 Å². The van der Waals surface area contributed by atoms with Crippen molar-refractivity contribution in [2.45, 2.75) is 0 Å². The van der Waals surface area contributed by atoms with Crippen molar-refractivity contribution in [3.05, 3.63) is 40.0 Å². The number of rotatable bonds is 2. The van der Waals surface area contributed by atoms with Crippen molar-refractivity contribution in [1.29, 1.82) is 0 Å². The highest BCUT2D eigenvalue weighted by molar-refractivity contribution is 9.13. The minimum atomic E-state index is 0.656. The summed E-state index contributed by atoms with van der Waals surface area (Å²) in [7, 11) is 0. The van der Waals surface area contributed by atoms with E-state index in [0.29, 0.717) is 4.67 Å². The maximum Gasteiger partial charge on any atom is 0.176 e. The Morgan fingerprint density at radius 2 is 1.91 bits per heavy atom. The summed E-state index contributed by atoms with van der Waals surface area (Å²) in [6.07, 6.45) is 0. The van der Waals surface area contributed by atoms with Crippen molar-refractivity contribution in [2.75, 3.05) is 0 Å². The van der Waals surface area contributed by atoms with Gasteiger partial charge in [-0.2, -0.15) is 0 Å². The molecule has 1 nitrogen and oxygen atoms in total. The molecule has 0 radical (unpaired) electrons. The lowest BCUT2D eigenvalue weighted by atomic mass is 10.3. The molecule has 0 unspecified atom stereocenters. The Balaban J connectivity index is 2.65. The summed E-state index contributed by atoms with van der Waals surface area (Å²) in [6.45, 7) is 0. The minimum absolute atomic E-state index is 0.656. The van der Waals surface area contributed by atoms with Crippen LogP contribution in [0.5, 0.6) is 5.75 Å². The molecule has 0 amide bonds. The Labute approximate surface area is 82.3 Å². The van der Waals surface area contributed by atoms with Crippen LogP contribution in [-0.2, 0) is 0 Å². The average molecular weight is 278 g/mol. The third kappa shape index (κ3) is 3.08. The largest absolute Gasteiger partial charge is 0.449 e. The molecule has 1 aromatic carbocycles. The molecule has 0 aromatic heterocycles. The summed E-state index contributed by atoms with van der Waals surface area (Å²) in [5.74, 6) is 0.815. The van der Waals surface area contributed by atoms with Crippen molar-refractivity contribution in [2.24, 2.45) is 0 Å². The van der Waals surface area contributed by atoms with Crippen LogP contribution >= 0.6 is 31.9 Å². The predicted octanol–water partition coefficient (Wildman–Crippen LogP) is 3.65. The third-order valence-electron chi connectivity index (χ3n) is 1.04. The molecule has 0 aliphatic rings. The van der Waals surface area contributed by atoms with E-state index in [4.69, 9.17) is 4.74 Å². The lowest BCUT2D eigenvalue weighted by molar-refractivity contribution is 0.471. The SMILES string of the molecule is BrC=C(Br)Oc1ccccc1. The van der Waals surface area contributed by atoms with E-state index in [1.807, 2.05) is 30.3 Å². The average Bonchev–Trinajstić information content (AvgIpc) is 2.06. The number of hydrogen-bond acceptors (Lipinski definition) is 1. The number of ether oxygens (including phenoxy) is 1. The highest BCUT2D eigenvalue weighted by atomic mass is 79.9. The van der Waals surface area contributed by atoms with Gasteiger partial charge in [0, 0.05) is 4.99 Å². The van der Waals surface area contributed by atoms with Gasteiger partial charge in [-0.1, -0.05) is 34.1 Å². The molecule has 1 aromatic rings. The van der Waals surface area contributed by atoms with E-state index in [9.17, 15) is 0 Å². The maximum absolute atomic E-state index is 5.29. The van der Waals surface area contributed by atoms with Crippen LogP contribution in [0, 0.1) is 0 Å². The first kappa shape index (κ1) is 8.81. The zero-order valence-corrected chi connectivity index (χ0v) is 8.80. The molecule has 0 heterocycles. The van der Waals surface area contributed by atoms with Gasteiger partial charge in [-0.3, -0.25) is 0 Å². The van der Waals surface area contributed by atoms with Crippen molar-refractivity contribution < 1.29 is 4.74 Å². The van der Waals surface area contributed by atoms with Crippen molar-refractivity contribution in [1.82, 2.24) is 0 Å². The second-order valence-electron chi connectivity index (χ2n) is 1.83. The highest BCUT2D eigenvalue weighted by Gasteiger charge is 1.92. The number of para-hydroxylation sites is 1. The van der Waals surface area contributed by atoms with Gasteiger partial charge in [0.1, 0.15) is 5.75 Å². The monoisotopic (exact) mass is 276 g/mol. The second kappa shape index (κ2) is 4.57. The van der Waals surface area contributed by atoms with Crippen LogP contribution in [-0.4, -0.2) is 0 Å². The summed E-state index contributed by atoms with van der Waals surface area (Å²) in [5.41, 5.74) is 0. The lowest BCUT2D eigenvalue weighted by Crippen LogP contribution is -1.84. The van der Waals surface area contributed by atoms with E-state index in [1.165, 1.54) is 0 Å². The minimum Gasteiger partial charge on any atom is -0.449 e. The molecule has 58 valence electrons. The van der Waals surface area contributed by atoms with E-state index in [2.05, 4.69) is 31.9 Å². The maximum atomic E-state index is 5.29. The van der Waals surface area contributed by atoms with E-state index >= 15 is 0 Å². The van der Waals surface area contributed by atoms with Gasteiger partial charge in [-0.05, 0) is 28.1 Å². The molecule has 0 saturated carbocycles. The van der Waals surface area contributed by atoms with Gasteiger partial charge in [0.25, 0.3) is 0 Å². The summed E-state index contributed by atoms with van der Waals surface area (Å²) < 4.78 is 5.95. The summed E-state index contributed by atoms with van der Waals surface area (Å²) in [5, 5.41) is 0.